The third-order valence-corrected chi connectivity index (χ3v) is 4.23. The van der Waals surface area contributed by atoms with Crippen molar-refractivity contribution in [3.63, 3.8) is 0 Å². The highest BCUT2D eigenvalue weighted by Crippen LogP contribution is 2.22. The lowest BCUT2D eigenvalue weighted by atomic mass is 10.3. The molecule has 0 amide bonds. The number of methoxy groups -OCH3 is 3. The van der Waals surface area contributed by atoms with Gasteiger partial charge < -0.3 is 14.2 Å². The van der Waals surface area contributed by atoms with Gasteiger partial charge in [-0.15, -0.1) is 4.98 Å². The molecule has 2 aromatic rings. The van der Waals surface area contributed by atoms with Crippen LogP contribution in [0.5, 0.6) is 17.8 Å². The van der Waals surface area contributed by atoms with Crippen LogP contribution in [0.25, 0.3) is 0 Å². The Morgan fingerprint density at radius 1 is 0.957 bits per heavy atom. The summed E-state index contributed by atoms with van der Waals surface area (Å²) in [5, 5.41) is 0. The molecule has 0 radical (unpaired) electrons. The number of benzene rings is 1. The maximum atomic E-state index is 12.4. The standard InChI is InChI=1S/C13H16N4O5S/c1-20-9-6-4-5-7-10(9)23(18,19)14-8-11-15-12(21-2)17-13(16-11)22-3/h4-7,14H,8H2,1-3H3. The van der Waals surface area contributed by atoms with E-state index in [4.69, 9.17) is 14.2 Å². The van der Waals surface area contributed by atoms with Gasteiger partial charge in [-0.05, 0) is 12.1 Å². The number of nitrogens with one attached hydrogen (secondary N) is 1. The van der Waals surface area contributed by atoms with Gasteiger partial charge in [0.25, 0.3) is 0 Å². The summed E-state index contributed by atoms with van der Waals surface area (Å²) in [5.41, 5.74) is 0. The molecular weight excluding hydrogens is 324 g/mol. The SMILES string of the molecule is COc1nc(CNS(=O)(=O)c2ccccc2OC)nc(OC)n1. The average molecular weight is 340 g/mol. The van der Waals surface area contributed by atoms with Gasteiger partial charge in [-0.2, -0.15) is 9.97 Å². The van der Waals surface area contributed by atoms with E-state index in [2.05, 4.69) is 19.7 Å². The molecule has 1 N–H and O–H groups in total. The molecule has 1 aromatic heterocycles. The Bertz CT molecular complexity index is 759. The van der Waals surface area contributed by atoms with Crippen molar-refractivity contribution in [3.8, 4) is 17.8 Å². The first-order chi connectivity index (χ1) is 11.0. The van der Waals surface area contributed by atoms with Gasteiger partial charge in [0, 0.05) is 0 Å². The van der Waals surface area contributed by atoms with E-state index in [1.165, 1.54) is 27.4 Å². The molecule has 0 aliphatic heterocycles. The summed E-state index contributed by atoms with van der Waals surface area (Å²) >= 11 is 0. The minimum absolute atomic E-state index is 0.0236. The Balaban J connectivity index is 2.22. The van der Waals surface area contributed by atoms with Crippen LogP contribution in [0.15, 0.2) is 29.2 Å². The fourth-order valence-electron chi connectivity index (χ4n) is 1.72. The van der Waals surface area contributed by atoms with Crippen LogP contribution in [0.1, 0.15) is 5.82 Å². The highest BCUT2D eigenvalue weighted by molar-refractivity contribution is 7.89. The molecule has 10 heteroatoms. The minimum atomic E-state index is -3.80. The first-order valence-corrected chi connectivity index (χ1v) is 7.94. The molecule has 0 fully saturated rings. The van der Waals surface area contributed by atoms with Crippen LogP contribution in [0, 0.1) is 0 Å². The lowest BCUT2D eigenvalue weighted by molar-refractivity contribution is 0.336. The molecule has 9 nitrogen and oxygen atoms in total. The molecule has 0 bridgehead atoms. The zero-order valence-corrected chi connectivity index (χ0v) is 13.6. The molecule has 0 aliphatic carbocycles. The summed E-state index contributed by atoms with van der Waals surface area (Å²) in [6.07, 6.45) is 0. The summed E-state index contributed by atoms with van der Waals surface area (Å²) in [6, 6.07) is 6.34. The molecular formula is C13H16N4O5S. The highest BCUT2D eigenvalue weighted by Gasteiger charge is 2.19. The zero-order chi connectivity index (χ0) is 16.9. The van der Waals surface area contributed by atoms with E-state index in [-0.39, 0.29) is 35.0 Å². The molecule has 1 heterocycles. The van der Waals surface area contributed by atoms with E-state index in [1.54, 1.807) is 18.2 Å². The van der Waals surface area contributed by atoms with Gasteiger partial charge in [-0.3, -0.25) is 0 Å². The molecule has 0 unspecified atom stereocenters. The monoisotopic (exact) mass is 340 g/mol. The van der Waals surface area contributed by atoms with Crippen LogP contribution < -0.4 is 18.9 Å². The second-order valence-electron chi connectivity index (χ2n) is 4.20. The van der Waals surface area contributed by atoms with E-state index in [0.29, 0.717) is 0 Å². The van der Waals surface area contributed by atoms with Gasteiger partial charge in [0.15, 0.2) is 5.82 Å². The topological polar surface area (TPSA) is 113 Å². The predicted octanol–water partition coefficient (Wildman–Crippen LogP) is 0.376. The van der Waals surface area contributed by atoms with E-state index in [9.17, 15) is 8.42 Å². The summed E-state index contributed by atoms with van der Waals surface area (Å²) in [5.74, 6) is 0.401. The number of hydrogen-bond acceptors (Lipinski definition) is 8. The van der Waals surface area contributed by atoms with Gasteiger partial charge in [0.05, 0.1) is 27.9 Å². The number of sulfonamides is 1. The molecule has 2 rings (SSSR count). The minimum Gasteiger partial charge on any atom is -0.495 e. The third kappa shape index (κ3) is 4.05. The summed E-state index contributed by atoms with van der Waals surface area (Å²) in [4.78, 5) is 11.8. The van der Waals surface area contributed by atoms with Crippen molar-refractivity contribution < 1.29 is 22.6 Å². The quantitative estimate of drug-likeness (QED) is 0.769. The number of rotatable bonds is 7. The van der Waals surface area contributed by atoms with Gasteiger partial charge >= 0.3 is 12.0 Å². The molecule has 0 atom stereocenters. The first kappa shape index (κ1) is 16.9. The van der Waals surface area contributed by atoms with Crippen molar-refractivity contribution in [3.05, 3.63) is 30.1 Å². The van der Waals surface area contributed by atoms with Crippen LogP contribution in [0.3, 0.4) is 0 Å². The Kier molecular flexibility index (Phi) is 5.29. The summed E-state index contributed by atoms with van der Waals surface area (Å²) < 4.78 is 42.0. The number of aromatic nitrogens is 3. The van der Waals surface area contributed by atoms with Crippen LogP contribution in [0.2, 0.25) is 0 Å². The van der Waals surface area contributed by atoms with Gasteiger partial charge in [-0.1, -0.05) is 12.1 Å². The lowest BCUT2D eigenvalue weighted by Crippen LogP contribution is -2.25. The van der Waals surface area contributed by atoms with E-state index >= 15 is 0 Å². The fourth-order valence-corrected chi connectivity index (χ4v) is 2.87. The summed E-state index contributed by atoms with van der Waals surface area (Å²) in [6.45, 7) is -0.157. The molecule has 0 saturated carbocycles. The molecule has 23 heavy (non-hydrogen) atoms. The van der Waals surface area contributed by atoms with E-state index in [0.717, 1.165) is 0 Å². The van der Waals surface area contributed by atoms with E-state index < -0.39 is 10.0 Å². The van der Waals surface area contributed by atoms with Crippen molar-refractivity contribution in [1.29, 1.82) is 0 Å². The Morgan fingerprint density at radius 2 is 1.57 bits per heavy atom. The first-order valence-electron chi connectivity index (χ1n) is 6.45. The normalized spacial score (nSPS) is 11.1. The third-order valence-electron chi connectivity index (χ3n) is 2.78. The second kappa shape index (κ2) is 7.20. The smallest absolute Gasteiger partial charge is 0.322 e. The highest BCUT2D eigenvalue weighted by atomic mass is 32.2. The molecule has 0 spiro atoms. The average Bonchev–Trinajstić information content (AvgIpc) is 2.59. The summed E-state index contributed by atoms with van der Waals surface area (Å²) in [7, 11) is 0.374. The largest absolute Gasteiger partial charge is 0.495 e. The maximum Gasteiger partial charge on any atom is 0.322 e. The molecule has 0 saturated heterocycles. The van der Waals surface area contributed by atoms with Gasteiger partial charge in [0.2, 0.25) is 10.0 Å². The Labute approximate surface area is 133 Å². The van der Waals surface area contributed by atoms with Gasteiger partial charge in [0.1, 0.15) is 10.6 Å². The molecule has 0 aliphatic rings. The Morgan fingerprint density at radius 3 is 2.13 bits per heavy atom. The number of nitrogens with zero attached hydrogens (tertiary/aromatic N) is 3. The molecule has 124 valence electrons. The van der Waals surface area contributed by atoms with Gasteiger partial charge in [-0.25, -0.2) is 13.1 Å². The Hall–Kier alpha value is -2.46. The lowest BCUT2D eigenvalue weighted by Gasteiger charge is -2.10. The van der Waals surface area contributed by atoms with Crippen molar-refractivity contribution in [2.24, 2.45) is 0 Å². The maximum absolute atomic E-state index is 12.4. The number of hydrogen-bond donors (Lipinski definition) is 1. The molecule has 1 aromatic carbocycles. The van der Waals surface area contributed by atoms with Crippen molar-refractivity contribution in [2.45, 2.75) is 11.4 Å². The second-order valence-corrected chi connectivity index (χ2v) is 5.94. The van der Waals surface area contributed by atoms with Crippen LogP contribution in [-0.2, 0) is 16.6 Å². The van der Waals surface area contributed by atoms with Crippen molar-refractivity contribution >= 4 is 10.0 Å². The van der Waals surface area contributed by atoms with E-state index in [1.807, 2.05) is 0 Å². The van der Waals surface area contributed by atoms with Crippen LogP contribution >= 0.6 is 0 Å². The van der Waals surface area contributed by atoms with Crippen molar-refractivity contribution in [2.75, 3.05) is 21.3 Å². The number of ether oxygens (including phenoxy) is 3. The van der Waals surface area contributed by atoms with Crippen LogP contribution in [-0.4, -0.2) is 44.7 Å². The van der Waals surface area contributed by atoms with Crippen molar-refractivity contribution in [1.82, 2.24) is 19.7 Å². The number of para-hydroxylation sites is 1. The fraction of sp³-hybridized carbons (Fsp3) is 0.308. The zero-order valence-electron chi connectivity index (χ0n) is 12.8. The van der Waals surface area contributed by atoms with Crippen LogP contribution in [0.4, 0.5) is 0 Å². The predicted molar refractivity (Wildman–Crippen MR) is 80.0 cm³/mol.